The number of amides is 1. The van der Waals surface area contributed by atoms with Crippen LogP contribution >= 0.6 is 11.3 Å². The van der Waals surface area contributed by atoms with Gasteiger partial charge in [-0.15, -0.1) is 10.2 Å². The molecular weight excluding hydrogens is 250 g/mol. The monoisotopic (exact) mass is 265 g/mol. The van der Waals surface area contributed by atoms with Crippen molar-refractivity contribution in [1.82, 2.24) is 20.0 Å². The van der Waals surface area contributed by atoms with E-state index in [0.717, 1.165) is 24.3 Å². The first-order chi connectivity index (χ1) is 8.78. The largest absolute Gasteiger partial charge is 0.299 e. The predicted octanol–water partition coefficient (Wildman–Crippen LogP) is 1.72. The van der Waals surface area contributed by atoms with Gasteiger partial charge in [-0.25, -0.2) is 0 Å². The number of nitrogens with zero attached hydrogens (tertiary/aromatic N) is 4. The Balaban J connectivity index is 1.85. The van der Waals surface area contributed by atoms with Gasteiger partial charge >= 0.3 is 0 Å². The molecule has 0 saturated carbocycles. The highest BCUT2D eigenvalue weighted by molar-refractivity contribution is 7.15. The van der Waals surface area contributed by atoms with E-state index in [1.165, 1.54) is 11.3 Å². The summed E-state index contributed by atoms with van der Waals surface area (Å²) in [6.45, 7) is 2.32. The molecule has 6 nitrogen and oxygen atoms in total. The summed E-state index contributed by atoms with van der Waals surface area (Å²) in [6.07, 6.45) is 6.52. The van der Waals surface area contributed by atoms with Crippen LogP contribution in [0.5, 0.6) is 0 Å². The van der Waals surface area contributed by atoms with Crippen LogP contribution in [0.3, 0.4) is 0 Å². The Hall–Kier alpha value is -1.76. The van der Waals surface area contributed by atoms with Crippen molar-refractivity contribution >= 4 is 22.4 Å². The molecule has 0 saturated heterocycles. The minimum atomic E-state index is -0.142. The van der Waals surface area contributed by atoms with E-state index in [2.05, 4.69) is 27.5 Å². The van der Waals surface area contributed by atoms with Gasteiger partial charge in [-0.1, -0.05) is 24.7 Å². The van der Waals surface area contributed by atoms with Crippen molar-refractivity contribution in [1.29, 1.82) is 0 Å². The summed E-state index contributed by atoms with van der Waals surface area (Å²) in [5.41, 5.74) is 0. The van der Waals surface area contributed by atoms with Crippen LogP contribution in [0, 0.1) is 0 Å². The summed E-state index contributed by atoms with van der Waals surface area (Å²) in [5.74, 6) is -0.142. The maximum atomic E-state index is 11.7. The molecule has 0 atom stereocenters. The fourth-order valence-electron chi connectivity index (χ4n) is 1.43. The summed E-state index contributed by atoms with van der Waals surface area (Å²) >= 11 is 1.43. The molecule has 0 aliphatic rings. The molecule has 0 radical (unpaired) electrons. The number of nitrogens with one attached hydrogen (secondary N) is 1. The molecule has 2 aromatic rings. The predicted molar refractivity (Wildman–Crippen MR) is 69.4 cm³/mol. The Morgan fingerprint density at radius 3 is 3.11 bits per heavy atom. The van der Waals surface area contributed by atoms with Gasteiger partial charge in [-0.2, -0.15) is 5.10 Å². The quantitative estimate of drug-likeness (QED) is 0.863. The fourth-order valence-corrected chi connectivity index (χ4v) is 2.23. The molecule has 2 aromatic heterocycles. The molecule has 0 unspecified atom stereocenters. The number of hydrogen-bond acceptors (Lipinski definition) is 5. The van der Waals surface area contributed by atoms with Crippen LogP contribution in [-0.4, -0.2) is 25.9 Å². The Morgan fingerprint density at radius 2 is 2.39 bits per heavy atom. The van der Waals surface area contributed by atoms with Crippen molar-refractivity contribution in [3.8, 4) is 0 Å². The molecule has 2 rings (SSSR count). The van der Waals surface area contributed by atoms with E-state index in [4.69, 9.17) is 0 Å². The number of anilines is 1. The molecule has 18 heavy (non-hydrogen) atoms. The van der Waals surface area contributed by atoms with E-state index in [1.807, 2.05) is 0 Å². The minimum Gasteiger partial charge on any atom is -0.299 e. The molecule has 1 N–H and O–H groups in total. The normalized spacial score (nSPS) is 10.5. The maximum Gasteiger partial charge on any atom is 0.247 e. The van der Waals surface area contributed by atoms with E-state index >= 15 is 0 Å². The maximum absolute atomic E-state index is 11.7. The second-order valence-electron chi connectivity index (χ2n) is 3.86. The Morgan fingerprint density at radius 1 is 1.50 bits per heavy atom. The van der Waals surface area contributed by atoms with E-state index < -0.39 is 0 Å². The van der Waals surface area contributed by atoms with Crippen LogP contribution in [0.2, 0.25) is 0 Å². The van der Waals surface area contributed by atoms with Crippen molar-refractivity contribution in [3.63, 3.8) is 0 Å². The van der Waals surface area contributed by atoms with Crippen molar-refractivity contribution in [2.45, 2.75) is 32.7 Å². The minimum absolute atomic E-state index is 0.142. The first kappa shape index (κ1) is 12.7. The standard InChI is InChI=1S/C11H15N5OS/c1-2-3-5-10-14-15-11(18-10)13-9(17)8-16-7-4-6-12-16/h4,6-7H,2-3,5,8H2,1H3,(H,13,15,17). The van der Waals surface area contributed by atoms with Gasteiger partial charge < -0.3 is 0 Å². The van der Waals surface area contributed by atoms with Gasteiger partial charge in [0.05, 0.1) is 0 Å². The number of carbonyl (C=O) groups is 1. The molecule has 0 bridgehead atoms. The van der Waals surface area contributed by atoms with Gasteiger partial charge in [0, 0.05) is 18.8 Å². The Labute approximate surface area is 109 Å². The Kier molecular flexibility index (Phi) is 4.40. The fraction of sp³-hybridized carbons (Fsp3) is 0.455. The van der Waals surface area contributed by atoms with E-state index in [0.29, 0.717) is 5.13 Å². The lowest BCUT2D eigenvalue weighted by Crippen LogP contribution is -2.18. The zero-order chi connectivity index (χ0) is 12.8. The molecular formula is C11H15N5OS. The number of aromatic nitrogens is 4. The third-order valence-electron chi connectivity index (χ3n) is 2.32. The first-order valence-electron chi connectivity index (χ1n) is 5.87. The Bertz CT molecular complexity index is 493. The van der Waals surface area contributed by atoms with Crippen LogP contribution in [0.25, 0.3) is 0 Å². The summed E-state index contributed by atoms with van der Waals surface area (Å²) in [4.78, 5) is 11.7. The van der Waals surface area contributed by atoms with Gasteiger partial charge in [0.15, 0.2) is 0 Å². The van der Waals surface area contributed by atoms with Crippen molar-refractivity contribution in [2.24, 2.45) is 0 Å². The first-order valence-corrected chi connectivity index (χ1v) is 6.69. The number of hydrogen-bond donors (Lipinski definition) is 1. The molecule has 0 aliphatic heterocycles. The van der Waals surface area contributed by atoms with E-state index in [-0.39, 0.29) is 12.5 Å². The summed E-state index contributed by atoms with van der Waals surface area (Å²) in [6, 6.07) is 1.78. The molecule has 0 aromatic carbocycles. The molecule has 1 amide bonds. The van der Waals surface area contributed by atoms with Crippen molar-refractivity contribution in [3.05, 3.63) is 23.5 Å². The number of rotatable bonds is 6. The molecule has 7 heteroatoms. The SMILES string of the molecule is CCCCc1nnc(NC(=O)Cn2cccn2)s1. The van der Waals surface area contributed by atoms with Crippen molar-refractivity contribution < 1.29 is 4.79 Å². The average molecular weight is 265 g/mol. The van der Waals surface area contributed by atoms with Crippen molar-refractivity contribution in [2.75, 3.05) is 5.32 Å². The third-order valence-corrected chi connectivity index (χ3v) is 3.22. The zero-order valence-electron chi connectivity index (χ0n) is 10.2. The molecule has 0 aliphatic carbocycles. The zero-order valence-corrected chi connectivity index (χ0v) is 11.0. The van der Waals surface area contributed by atoms with Gasteiger partial charge in [0.1, 0.15) is 11.6 Å². The molecule has 0 fully saturated rings. The van der Waals surface area contributed by atoms with Gasteiger partial charge in [-0.05, 0) is 12.5 Å². The summed E-state index contributed by atoms with van der Waals surface area (Å²) < 4.78 is 1.56. The van der Waals surface area contributed by atoms with Gasteiger partial charge in [0.2, 0.25) is 11.0 Å². The lowest BCUT2D eigenvalue weighted by atomic mass is 10.3. The molecule has 2 heterocycles. The van der Waals surface area contributed by atoms with Crippen LogP contribution in [-0.2, 0) is 17.8 Å². The summed E-state index contributed by atoms with van der Waals surface area (Å²) in [7, 11) is 0. The van der Waals surface area contributed by atoms with Gasteiger partial charge in [0.25, 0.3) is 0 Å². The molecule has 0 spiro atoms. The second-order valence-corrected chi connectivity index (χ2v) is 4.92. The van der Waals surface area contributed by atoms with E-state index in [9.17, 15) is 4.79 Å². The number of carbonyl (C=O) groups excluding carboxylic acids is 1. The number of unbranched alkanes of at least 4 members (excludes halogenated alkanes) is 1. The van der Waals surface area contributed by atoms with Crippen LogP contribution < -0.4 is 5.32 Å². The average Bonchev–Trinajstić information content (AvgIpc) is 2.98. The highest BCUT2D eigenvalue weighted by Gasteiger charge is 2.08. The van der Waals surface area contributed by atoms with Crippen LogP contribution in [0.1, 0.15) is 24.8 Å². The highest BCUT2D eigenvalue weighted by atomic mass is 32.1. The smallest absolute Gasteiger partial charge is 0.247 e. The third kappa shape index (κ3) is 3.63. The second kappa shape index (κ2) is 6.25. The lowest BCUT2D eigenvalue weighted by Gasteiger charge is -2.00. The van der Waals surface area contributed by atoms with Crippen LogP contribution in [0.15, 0.2) is 18.5 Å². The summed E-state index contributed by atoms with van der Waals surface area (Å²) in [5, 5.41) is 16.2. The van der Waals surface area contributed by atoms with Crippen LogP contribution in [0.4, 0.5) is 5.13 Å². The highest BCUT2D eigenvalue weighted by Crippen LogP contribution is 2.16. The molecule has 96 valence electrons. The van der Waals surface area contributed by atoms with Gasteiger partial charge in [-0.3, -0.25) is 14.8 Å². The lowest BCUT2D eigenvalue weighted by molar-refractivity contribution is -0.116. The number of aryl methyl sites for hydroxylation is 1. The topological polar surface area (TPSA) is 72.7 Å². The van der Waals surface area contributed by atoms with E-state index in [1.54, 1.807) is 23.1 Å².